The third-order valence-corrected chi connectivity index (χ3v) is 5.33. The number of aromatic nitrogens is 3. The molecule has 1 amide bonds. The second-order valence-electron chi connectivity index (χ2n) is 7.29. The molecular formula is C22H16ClF3N4O3. The Morgan fingerprint density at radius 1 is 1.18 bits per heavy atom. The number of nitrogens with zero attached hydrogens (tertiary/aromatic N) is 3. The van der Waals surface area contributed by atoms with Crippen molar-refractivity contribution in [2.75, 3.05) is 5.32 Å². The molecule has 0 saturated heterocycles. The Hall–Kier alpha value is -3.79. The quantitative estimate of drug-likeness (QED) is 0.386. The van der Waals surface area contributed by atoms with E-state index >= 15 is 0 Å². The number of aryl methyl sites for hydroxylation is 1. The fourth-order valence-electron chi connectivity index (χ4n) is 3.34. The third kappa shape index (κ3) is 4.42. The lowest BCUT2D eigenvalue weighted by molar-refractivity contribution is -0.137. The molecule has 3 N–H and O–H groups in total. The molecule has 0 fully saturated rings. The van der Waals surface area contributed by atoms with Crippen molar-refractivity contribution in [1.29, 1.82) is 0 Å². The molecule has 0 bridgehead atoms. The minimum Gasteiger partial charge on any atom is -0.506 e. The Balaban J connectivity index is 1.66. The summed E-state index contributed by atoms with van der Waals surface area (Å²) in [4.78, 5) is 17.1. The fourth-order valence-corrected chi connectivity index (χ4v) is 3.46. The van der Waals surface area contributed by atoms with Gasteiger partial charge in [-0.15, -0.1) is 0 Å². The normalized spacial score (nSPS) is 11.7. The third-order valence-electron chi connectivity index (χ3n) is 5.01. The largest absolute Gasteiger partial charge is 0.506 e. The molecule has 0 spiro atoms. The predicted octanol–water partition coefficient (Wildman–Crippen LogP) is 4.96. The number of phenols is 1. The molecule has 0 unspecified atom stereocenters. The average molecular weight is 477 g/mol. The smallest absolute Gasteiger partial charge is 0.416 e. The van der Waals surface area contributed by atoms with Crippen LogP contribution >= 0.6 is 11.6 Å². The van der Waals surface area contributed by atoms with Gasteiger partial charge in [-0.3, -0.25) is 4.79 Å². The summed E-state index contributed by atoms with van der Waals surface area (Å²) in [7, 11) is 0. The highest BCUT2D eigenvalue weighted by atomic mass is 35.5. The molecule has 0 aliphatic heterocycles. The van der Waals surface area contributed by atoms with E-state index in [1.54, 1.807) is 6.92 Å². The number of hydrogen-bond donors (Lipinski definition) is 3. The molecule has 4 rings (SSSR count). The van der Waals surface area contributed by atoms with Crippen LogP contribution in [0, 0.1) is 6.92 Å². The average Bonchev–Trinajstić information content (AvgIpc) is 3.17. The summed E-state index contributed by atoms with van der Waals surface area (Å²) in [5.41, 5.74) is 0.537. The minimum absolute atomic E-state index is 0.0179. The van der Waals surface area contributed by atoms with E-state index in [9.17, 15) is 28.2 Å². The van der Waals surface area contributed by atoms with Crippen molar-refractivity contribution in [3.8, 4) is 11.6 Å². The van der Waals surface area contributed by atoms with Gasteiger partial charge in [0.15, 0.2) is 5.65 Å². The second kappa shape index (κ2) is 8.28. The van der Waals surface area contributed by atoms with Crippen molar-refractivity contribution < 1.29 is 28.2 Å². The first-order chi connectivity index (χ1) is 15.5. The van der Waals surface area contributed by atoms with Crippen molar-refractivity contribution in [3.63, 3.8) is 0 Å². The zero-order chi connectivity index (χ0) is 23.9. The predicted molar refractivity (Wildman–Crippen MR) is 115 cm³/mol. The Morgan fingerprint density at radius 2 is 1.94 bits per heavy atom. The maximum atomic E-state index is 13.0. The molecule has 0 radical (unpaired) electrons. The van der Waals surface area contributed by atoms with Crippen LogP contribution in [0.15, 0.2) is 48.7 Å². The van der Waals surface area contributed by atoms with E-state index < -0.39 is 17.6 Å². The molecule has 2 heterocycles. The van der Waals surface area contributed by atoms with Crippen LogP contribution in [-0.4, -0.2) is 30.7 Å². The highest BCUT2D eigenvalue weighted by Gasteiger charge is 2.30. The van der Waals surface area contributed by atoms with Gasteiger partial charge < -0.3 is 15.5 Å². The van der Waals surface area contributed by atoms with Gasteiger partial charge in [0, 0.05) is 29.4 Å². The zero-order valence-electron chi connectivity index (χ0n) is 17.0. The summed E-state index contributed by atoms with van der Waals surface area (Å²) in [6.45, 7) is 1.58. The van der Waals surface area contributed by atoms with E-state index in [0.717, 1.165) is 16.6 Å². The number of fused-ring (bicyclic) bond motifs is 1. The highest BCUT2D eigenvalue weighted by molar-refractivity contribution is 6.32. The van der Waals surface area contributed by atoms with Crippen molar-refractivity contribution in [3.05, 3.63) is 81.6 Å². The standard InChI is InChI=1S/C22H16ClF3N4O3/c1-11-15(8-12-3-2-4-13(7-12)22(24,25)26)21(33)30-19(28-11)16(10-27-30)20(32)29-14-5-6-17(23)18(31)9-14/h2-7,9-10,31,33H,8H2,1H3,(H,29,32). The molecule has 11 heteroatoms. The Bertz CT molecular complexity index is 1390. The Morgan fingerprint density at radius 3 is 2.64 bits per heavy atom. The van der Waals surface area contributed by atoms with Gasteiger partial charge in [0.2, 0.25) is 5.88 Å². The molecule has 0 aliphatic rings. The van der Waals surface area contributed by atoms with Crippen LogP contribution in [0.5, 0.6) is 11.6 Å². The number of rotatable bonds is 4. The van der Waals surface area contributed by atoms with Crippen molar-refractivity contribution >= 4 is 28.8 Å². The topological polar surface area (TPSA) is 99.8 Å². The summed E-state index contributed by atoms with van der Waals surface area (Å²) in [6, 6.07) is 8.97. The zero-order valence-corrected chi connectivity index (χ0v) is 17.7. The van der Waals surface area contributed by atoms with Crippen molar-refractivity contribution in [1.82, 2.24) is 14.6 Å². The van der Waals surface area contributed by atoms with Gasteiger partial charge in [0.25, 0.3) is 5.91 Å². The molecule has 7 nitrogen and oxygen atoms in total. The maximum Gasteiger partial charge on any atom is 0.416 e. The van der Waals surface area contributed by atoms with Gasteiger partial charge in [-0.2, -0.15) is 22.8 Å². The van der Waals surface area contributed by atoms with Gasteiger partial charge >= 0.3 is 6.18 Å². The summed E-state index contributed by atoms with van der Waals surface area (Å²) >= 11 is 5.76. The Kier molecular flexibility index (Phi) is 5.62. The van der Waals surface area contributed by atoms with Crippen LogP contribution in [0.1, 0.15) is 32.7 Å². The van der Waals surface area contributed by atoms with Gasteiger partial charge in [-0.25, -0.2) is 4.98 Å². The molecule has 0 atom stereocenters. The van der Waals surface area contributed by atoms with Crippen molar-refractivity contribution in [2.24, 2.45) is 0 Å². The van der Waals surface area contributed by atoms with Crippen LogP contribution in [-0.2, 0) is 12.6 Å². The number of halogens is 4. The second-order valence-corrected chi connectivity index (χ2v) is 7.70. The number of carbonyl (C=O) groups is 1. The van der Waals surface area contributed by atoms with Crippen LogP contribution in [0.2, 0.25) is 5.02 Å². The molecule has 0 aliphatic carbocycles. The number of anilines is 1. The first-order valence-corrected chi connectivity index (χ1v) is 9.94. The fraction of sp³-hybridized carbons (Fsp3) is 0.136. The van der Waals surface area contributed by atoms with Crippen LogP contribution in [0.4, 0.5) is 18.9 Å². The summed E-state index contributed by atoms with van der Waals surface area (Å²) in [5.74, 6) is -1.14. The summed E-state index contributed by atoms with van der Waals surface area (Å²) < 4.78 is 40.1. The lowest BCUT2D eigenvalue weighted by Crippen LogP contribution is -2.12. The monoisotopic (exact) mass is 476 g/mol. The first kappa shape index (κ1) is 22.4. The van der Waals surface area contributed by atoms with E-state index in [4.69, 9.17) is 11.6 Å². The van der Waals surface area contributed by atoms with E-state index in [1.165, 1.54) is 36.5 Å². The number of aromatic hydroxyl groups is 2. The SMILES string of the molecule is Cc1nc2c(C(=O)Nc3ccc(Cl)c(O)c3)cnn2c(O)c1Cc1cccc(C(F)(F)F)c1. The number of nitrogens with one attached hydrogen (secondary N) is 1. The van der Waals surface area contributed by atoms with E-state index in [-0.39, 0.29) is 45.5 Å². The van der Waals surface area contributed by atoms with Gasteiger partial charge in [-0.1, -0.05) is 29.8 Å². The molecule has 33 heavy (non-hydrogen) atoms. The number of hydrogen-bond acceptors (Lipinski definition) is 5. The lowest BCUT2D eigenvalue weighted by atomic mass is 10.0. The van der Waals surface area contributed by atoms with Crippen molar-refractivity contribution in [2.45, 2.75) is 19.5 Å². The number of amides is 1. The lowest BCUT2D eigenvalue weighted by Gasteiger charge is -2.12. The number of benzene rings is 2. The molecule has 2 aromatic carbocycles. The van der Waals surface area contributed by atoms with E-state index in [0.29, 0.717) is 11.3 Å². The number of phenolic OH excluding ortho intramolecular Hbond substituents is 1. The highest BCUT2D eigenvalue weighted by Crippen LogP contribution is 2.32. The van der Waals surface area contributed by atoms with E-state index in [1.807, 2.05) is 0 Å². The van der Waals surface area contributed by atoms with Gasteiger partial charge in [0.1, 0.15) is 11.3 Å². The maximum absolute atomic E-state index is 13.0. The Labute approximate surface area is 190 Å². The van der Waals surface area contributed by atoms with E-state index in [2.05, 4.69) is 15.4 Å². The molecule has 4 aromatic rings. The summed E-state index contributed by atoms with van der Waals surface area (Å²) in [6.07, 6.45) is -3.29. The summed E-state index contributed by atoms with van der Waals surface area (Å²) in [5, 5.41) is 27.1. The molecule has 170 valence electrons. The molecule has 2 aromatic heterocycles. The number of alkyl halides is 3. The first-order valence-electron chi connectivity index (χ1n) is 9.57. The van der Waals surface area contributed by atoms with Gasteiger partial charge in [0.05, 0.1) is 16.8 Å². The van der Waals surface area contributed by atoms with Crippen LogP contribution in [0.3, 0.4) is 0 Å². The van der Waals surface area contributed by atoms with Crippen LogP contribution in [0.25, 0.3) is 5.65 Å². The number of carbonyl (C=O) groups excluding carboxylic acids is 1. The van der Waals surface area contributed by atoms with Crippen LogP contribution < -0.4 is 5.32 Å². The van der Waals surface area contributed by atoms with Gasteiger partial charge in [-0.05, 0) is 30.7 Å². The molecular weight excluding hydrogens is 461 g/mol. The minimum atomic E-state index is -4.49. The molecule has 0 saturated carbocycles.